The lowest BCUT2D eigenvalue weighted by Crippen LogP contribution is -2.00. The number of fused-ring (bicyclic) bond motifs is 1. The molecule has 3 rings (SSSR count). The Balaban J connectivity index is 1.98. The summed E-state index contributed by atoms with van der Waals surface area (Å²) >= 11 is 0. The maximum atomic E-state index is 6.08. The molecule has 1 heterocycles. The fraction of sp³-hybridized carbons (Fsp3) is 0.133. The Morgan fingerprint density at radius 2 is 2.10 bits per heavy atom. The van der Waals surface area contributed by atoms with Crippen LogP contribution in [0.25, 0.3) is 10.9 Å². The lowest BCUT2D eigenvalue weighted by atomic mass is 10.1. The van der Waals surface area contributed by atoms with Crippen LogP contribution in [-0.2, 0) is 11.3 Å². The number of nitrogen functional groups attached to an aromatic ring is 1. The molecule has 2 aromatic carbocycles. The van der Waals surface area contributed by atoms with Gasteiger partial charge in [0.05, 0.1) is 29.7 Å². The summed E-state index contributed by atoms with van der Waals surface area (Å²) in [6.07, 6.45) is 1.76. The van der Waals surface area contributed by atoms with Gasteiger partial charge in [-0.05, 0) is 18.2 Å². The SMILES string of the molecule is COCc1ccccc1Nc1cc2[nH]ncc2cc1N. The first-order valence-corrected chi connectivity index (χ1v) is 6.34. The highest BCUT2D eigenvalue weighted by Gasteiger charge is 2.07. The summed E-state index contributed by atoms with van der Waals surface area (Å²) < 4.78 is 5.21. The summed E-state index contributed by atoms with van der Waals surface area (Å²) in [5.41, 5.74) is 10.6. The number of hydrogen-bond donors (Lipinski definition) is 3. The minimum atomic E-state index is 0.551. The third-order valence-corrected chi connectivity index (χ3v) is 3.20. The van der Waals surface area contributed by atoms with Crippen molar-refractivity contribution in [1.82, 2.24) is 10.2 Å². The molecule has 0 aliphatic carbocycles. The number of benzene rings is 2. The number of hydrogen-bond acceptors (Lipinski definition) is 4. The van der Waals surface area contributed by atoms with Crippen LogP contribution in [0.15, 0.2) is 42.6 Å². The predicted molar refractivity (Wildman–Crippen MR) is 80.9 cm³/mol. The molecule has 0 unspecified atom stereocenters. The van der Waals surface area contributed by atoms with Crippen LogP contribution >= 0.6 is 0 Å². The molecule has 0 atom stereocenters. The number of ether oxygens (including phenoxy) is 1. The van der Waals surface area contributed by atoms with Gasteiger partial charge in [-0.25, -0.2) is 0 Å². The Kier molecular flexibility index (Phi) is 3.26. The molecule has 4 N–H and O–H groups in total. The topological polar surface area (TPSA) is 76.0 Å². The molecule has 3 aromatic rings. The van der Waals surface area contributed by atoms with E-state index in [1.54, 1.807) is 13.3 Å². The van der Waals surface area contributed by atoms with Gasteiger partial charge in [0.25, 0.3) is 0 Å². The van der Waals surface area contributed by atoms with E-state index < -0.39 is 0 Å². The zero-order valence-electron chi connectivity index (χ0n) is 11.2. The normalized spacial score (nSPS) is 10.8. The average molecular weight is 268 g/mol. The Morgan fingerprint density at radius 3 is 2.95 bits per heavy atom. The first-order chi connectivity index (χ1) is 9.78. The van der Waals surface area contributed by atoms with Gasteiger partial charge in [-0.15, -0.1) is 0 Å². The van der Waals surface area contributed by atoms with E-state index in [0.29, 0.717) is 12.3 Å². The molecule has 0 saturated heterocycles. The number of nitrogens with one attached hydrogen (secondary N) is 2. The smallest absolute Gasteiger partial charge is 0.0733 e. The van der Waals surface area contributed by atoms with Crippen LogP contribution in [0.4, 0.5) is 17.1 Å². The molecule has 0 bridgehead atoms. The minimum absolute atomic E-state index is 0.551. The van der Waals surface area contributed by atoms with Crippen molar-refractivity contribution in [3.05, 3.63) is 48.2 Å². The maximum absolute atomic E-state index is 6.08. The fourth-order valence-corrected chi connectivity index (χ4v) is 2.19. The number of anilines is 3. The highest BCUT2D eigenvalue weighted by atomic mass is 16.5. The van der Waals surface area contributed by atoms with E-state index in [1.165, 1.54) is 0 Å². The van der Waals surface area contributed by atoms with Gasteiger partial charge in [0.1, 0.15) is 0 Å². The summed E-state index contributed by atoms with van der Waals surface area (Å²) in [4.78, 5) is 0. The van der Waals surface area contributed by atoms with E-state index in [2.05, 4.69) is 15.5 Å². The first kappa shape index (κ1) is 12.5. The van der Waals surface area contributed by atoms with Gasteiger partial charge in [-0.1, -0.05) is 18.2 Å². The third-order valence-electron chi connectivity index (χ3n) is 3.20. The highest BCUT2D eigenvalue weighted by molar-refractivity contribution is 5.90. The minimum Gasteiger partial charge on any atom is -0.397 e. The first-order valence-electron chi connectivity index (χ1n) is 6.34. The second-order valence-corrected chi connectivity index (χ2v) is 4.61. The monoisotopic (exact) mass is 268 g/mol. The molecule has 0 aliphatic heterocycles. The van der Waals surface area contributed by atoms with Crippen LogP contribution in [0, 0.1) is 0 Å². The van der Waals surface area contributed by atoms with Gasteiger partial charge in [0.15, 0.2) is 0 Å². The van der Waals surface area contributed by atoms with E-state index >= 15 is 0 Å². The molecule has 0 saturated carbocycles. The van der Waals surface area contributed by atoms with E-state index in [9.17, 15) is 0 Å². The van der Waals surface area contributed by atoms with Gasteiger partial charge in [-0.3, -0.25) is 5.10 Å². The van der Waals surface area contributed by atoms with E-state index in [0.717, 1.165) is 27.8 Å². The Labute approximate surface area is 116 Å². The molecule has 0 spiro atoms. The molecule has 0 aliphatic rings. The van der Waals surface area contributed by atoms with E-state index in [4.69, 9.17) is 10.5 Å². The summed E-state index contributed by atoms with van der Waals surface area (Å²) in [7, 11) is 1.68. The lowest BCUT2D eigenvalue weighted by molar-refractivity contribution is 0.185. The zero-order valence-corrected chi connectivity index (χ0v) is 11.2. The van der Waals surface area contributed by atoms with Crippen LogP contribution < -0.4 is 11.1 Å². The summed E-state index contributed by atoms with van der Waals surface area (Å²) in [6.45, 7) is 0.551. The van der Waals surface area contributed by atoms with Crippen molar-refractivity contribution in [3.8, 4) is 0 Å². The van der Waals surface area contributed by atoms with Crippen molar-refractivity contribution in [3.63, 3.8) is 0 Å². The second-order valence-electron chi connectivity index (χ2n) is 4.61. The molecular weight excluding hydrogens is 252 g/mol. The standard InChI is InChI=1S/C15H16N4O/c1-20-9-10-4-2-3-5-13(10)18-15-7-14-11(6-12(15)16)8-17-19-14/h2-8,18H,9,16H2,1H3,(H,17,19). The summed E-state index contributed by atoms with van der Waals surface area (Å²) in [5.74, 6) is 0. The molecule has 20 heavy (non-hydrogen) atoms. The quantitative estimate of drug-likeness (QED) is 0.636. The van der Waals surface area contributed by atoms with Crippen molar-refractivity contribution >= 4 is 28.0 Å². The molecule has 102 valence electrons. The number of rotatable bonds is 4. The highest BCUT2D eigenvalue weighted by Crippen LogP contribution is 2.29. The summed E-state index contributed by atoms with van der Waals surface area (Å²) in [5, 5.41) is 11.3. The number of aromatic nitrogens is 2. The van der Waals surface area contributed by atoms with Crippen LogP contribution in [0.5, 0.6) is 0 Å². The van der Waals surface area contributed by atoms with Crippen molar-refractivity contribution in [2.75, 3.05) is 18.2 Å². The second kappa shape index (κ2) is 5.22. The van der Waals surface area contributed by atoms with Gasteiger partial charge < -0.3 is 15.8 Å². The molecule has 0 radical (unpaired) electrons. The fourth-order valence-electron chi connectivity index (χ4n) is 2.19. The number of para-hydroxylation sites is 1. The number of methoxy groups -OCH3 is 1. The number of aromatic amines is 1. The van der Waals surface area contributed by atoms with Gasteiger partial charge in [-0.2, -0.15) is 5.10 Å². The van der Waals surface area contributed by atoms with E-state index in [-0.39, 0.29) is 0 Å². The Hall–Kier alpha value is -2.53. The lowest BCUT2D eigenvalue weighted by Gasteiger charge is -2.13. The van der Waals surface area contributed by atoms with Crippen LogP contribution in [0.2, 0.25) is 0 Å². The molecule has 1 aromatic heterocycles. The molecule has 0 amide bonds. The summed E-state index contributed by atoms with van der Waals surface area (Å²) in [6, 6.07) is 11.9. The van der Waals surface area contributed by atoms with Crippen molar-refractivity contribution in [2.24, 2.45) is 0 Å². The average Bonchev–Trinajstić information content (AvgIpc) is 2.88. The molecule has 5 nitrogen and oxygen atoms in total. The number of nitrogens with zero attached hydrogens (tertiary/aromatic N) is 1. The maximum Gasteiger partial charge on any atom is 0.0733 e. The van der Waals surface area contributed by atoms with Gasteiger partial charge in [0.2, 0.25) is 0 Å². The third kappa shape index (κ3) is 2.31. The Bertz CT molecular complexity index is 736. The zero-order chi connectivity index (χ0) is 13.9. The van der Waals surface area contributed by atoms with Gasteiger partial charge in [0, 0.05) is 23.7 Å². The van der Waals surface area contributed by atoms with Crippen LogP contribution in [-0.4, -0.2) is 17.3 Å². The molecule has 0 fully saturated rings. The van der Waals surface area contributed by atoms with Crippen molar-refractivity contribution in [2.45, 2.75) is 6.61 Å². The number of nitrogens with two attached hydrogens (primary N) is 1. The van der Waals surface area contributed by atoms with E-state index in [1.807, 2.05) is 36.4 Å². The Morgan fingerprint density at radius 1 is 1.25 bits per heavy atom. The molecule has 5 heteroatoms. The number of H-pyrrole nitrogens is 1. The molecular formula is C15H16N4O. The van der Waals surface area contributed by atoms with Gasteiger partial charge >= 0.3 is 0 Å². The van der Waals surface area contributed by atoms with Crippen molar-refractivity contribution in [1.29, 1.82) is 0 Å². The van der Waals surface area contributed by atoms with Crippen molar-refractivity contribution < 1.29 is 4.74 Å². The van der Waals surface area contributed by atoms with Crippen LogP contribution in [0.3, 0.4) is 0 Å². The largest absolute Gasteiger partial charge is 0.397 e. The predicted octanol–water partition coefficient (Wildman–Crippen LogP) is 3.04. The van der Waals surface area contributed by atoms with Crippen LogP contribution in [0.1, 0.15) is 5.56 Å².